The maximum atomic E-state index is 12.1. The van der Waals surface area contributed by atoms with Gasteiger partial charge in [0.25, 0.3) is 10.2 Å². The SMILES string of the molecule is CC(C)NCCCN(C)S(=O)(=O)NC1CCCS(=O)(=O)C1. The minimum absolute atomic E-state index is 0.102. The zero-order valence-corrected chi connectivity index (χ0v) is 14.6. The van der Waals surface area contributed by atoms with Crippen LogP contribution in [0.3, 0.4) is 0 Å². The normalized spacial score (nSPS) is 22.8. The van der Waals surface area contributed by atoms with Gasteiger partial charge in [-0.2, -0.15) is 17.4 Å². The van der Waals surface area contributed by atoms with Crippen LogP contribution in [0.15, 0.2) is 0 Å². The summed E-state index contributed by atoms with van der Waals surface area (Å²) in [6.45, 7) is 5.21. The molecule has 1 heterocycles. The molecule has 1 atom stereocenters. The molecule has 1 unspecified atom stereocenters. The van der Waals surface area contributed by atoms with Gasteiger partial charge in [0, 0.05) is 25.7 Å². The molecule has 0 bridgehead atoms. The second-order valence-electron chi connectivity index (χ2n) is 5.86. The van der Waals surface area contributed by atoms with Crippen LogP contribution in [0.4, 0.5) is 0 Å². The molecule has 0 radical (unpaired) electrons. The molecule has 0 saturated carbocycles. The maximum absolute atomic E-state index is 12.1. The Hall–Kier alpha value is -0.220. The summed E-state index contributed by atoms with van der Waals surface area (Å²) in [6.07, 6.45) is 1.79. The van der Waals surface area contributed by atoms with Gasteiger partial charge in [0.1, 0.15) is 0 Å². The first-order chi connectivity index (χ1) is 9.62. The molecule has 126 valence electrons. The monoisotopic (exact) mass is 341 g/mol. The lowest BCUT2D eigenvalue weighted by Gasteiger charge is -2.26. The van der Waals surface area contributed by atoms with Crippen molar-refractivity contribution in [2.24, 2.45) is 0 Å². The lowest BCUT2D eigenvalue weighted by molar-refractivity contribution is 0.428. The highest BCUT2D eigenvalue weighted by molar-refractivity contribution is 7.91. The standard InChI is InChI=1S/C12H27N3O4S2/c1-11(2)13-7-5-8-15(3)21(18,19)14-12-6-4-9-20(16,17)10-12/h11-14H,4-10H2,1-3H3. The minimum atomic E-state index is -3.62. The smallest absolute Gasteiger partial charge is 0.279 e. The van der Waals surface area contributed by atoms with E-state index in [1.807, 2.05) is 13.8 Å². The molecule has 0 aromatic heterocycles. The Balaban J connectivity index is 2.44. The molecule has 2 N–H and O–H groups in total. The van der Waals surface area contributed by atoms with Crippen LogP contribution >= 0.6 is 0 Å². The number of hydrogen-bond acceptors (Lipinski definition) is 5. The van der Waals surface area contributed by atoms with E-state index in [0.29, 0.717) is 31.8 Å². The Morgan fingerprint density at radius 3 is 2.57 bits per heavy atom. The molecule has 0 aromatic carbocycles. The van der Waals surface area contributed by atoms with Gasteiger partial charge in [-0.1, -0.05) is 13.8 Å². The predicted octanol–water partition coefficient (Wildman–Crippen LogP) is -0.282. The molecule has 1 saturated heterocycles. The van der Waals surface area contributed by atoms with Crippen LogP contribution in [-0.2, 0) is 20.0 Å². The van der Waals surface area contributed by atoms with Crippen LogP contribution in [0.25, 0.3) is 0 Å². The van der Waals surface area contributed by atoms with Crippen LogP contribution in [-0.4, -0.2) is 64.9 Å². The van der Waals surface area contributed by atoms with Gasteiger partial charge in [-0.05, 0) is 25.8 Å². The lowest BCUT2D eigenvalue weighted by Crippen LogP contribution is -2.48. The lowest BCUT2D eigenvalue weighted by atomic mass is 10.2. The summed E-state index contributed by atoms with van der Waals surface area (Å²) in [5.41, 5.74) is 0. The molecule has 7 nitrogen and oxygen atoms in total. The van der Waals surface area contributed by atoms with E-state index in [4.69, 9.17) is 0 Å². The van der Waals surface area contributed by atoms with Gasteiger partial charge in [-0.3, -0.25) is 0 Å². The maximum Gasteiger partial charge on any atom is 0.279 e. The quantitative estimate of drug-likeness (QED) is 0.592. The Kier molecular flexibility index (Phi) is 7.05. The third kappa shape index (κ3) is 7.05. The Bertz CT molecular complexity index is 517. The molecule has 0 aliphatic carbocycles. The summed E-state index contributed by atoms with van der Waals surface area (Å²) in [5.74, 6) is 0.0525. The van der Waals surface area contributed by atoms with E-state index in [2.05, 4.69) is 10.0 Å². The highest BCUT2D eigenvalue weighted by Crippen LogP contribution is 2.13. The van der Waals surface area contributed by atoms with Gasteiger partial charge >= 0.3 is 0 Å². The van der Waals surface area contributed by atoms with Crippen LogP contribution in [0, 0.1) is 0 Å². The molecule has 0 amide bonds. The molecule has 1 aliphatic heterocycles. The number of rotatable bonds is 8. The van der Waals surface area contributed by atoms with Crippen LogP contribution in [0.5, 0.6) is 0 Å². The molecule has 9 heteroatoms. The van der Waals surface area contributed by atoms with Crippen molar-refractivity contribution in [1.82, 2.24) is 14.3 Å². The van der Waals surface area contributed by atoms with Crippen molar-refractivity contribution in [1.29, 1.82) is 0 Å². The fourth-order valence-corrected chi connectivity index (χ4v) is 5.14. The van der Waals surface area contributed by atoms with Crippen molar-refractivity contribution in [3.8, 4) is 0 Å². The third-order valence-corrected chi connectivity index (χ3v) is 6.85. The summed E-state index contributed by atoms with van der Waals surface area (Å²) < 4.78 is 51.1. The topological polar surface area (TPSA) is 95.6 Å². The first kappa shape index (κ1) is 18.8. The number of sulfone groups is 1. The van der Waals surface area contributed by atoms with Gasteiger partial charge in [-0.15, -0.1) is 0 Å². The highest BCUT2D eigenvalue weighted by Gasteiger charge is 2.29. The molecule has 0 aromatic rings. The van der Waals surface area contributed by atoms with E-state index in [1.165, 1.54) is 11.4 Å². The summed E-state index contributed by atoms with van der Waals surface area (Å²) in [5, 5.41) is 3.22. The van der Waals surface area contributed by atoms with Crippen molar-refractivity contribution in [2.45, 2.75) is 45.2 Å². The molecule has 0 spiro atoms. The molecular formula is C12H27N3O4S2. The summed E-state index contributed by atoms with van der Waals surface area (Å²) in [4.78, 5) is 0. The molecule has 1 fully saturated rings. The highest BCUT2D eigenvalue weighted by atomic mass is 32.2. The Morgan fingerprint density at radius 2 is 2.00 bits per heavy atom. The van der Waals surface area contributed by atoms with Crippen molar-refractivity contribution in [3.05, 3.63) is 0 Å². The van der Waals surface area contributed by atoms with Gasteiger partial charge in [0.2, 0.25) is 0 Å². The average Bonchev–Trinajstić information content (AvgIpc) is 2.32. The fraction of sp³-hybridized carbons (Fsp3) is 1.00. The third-order valence-electron chi connectivity index (χ3n) is 3.39. The van der Waals surface area contributed by atoms with E-state index in [1.54, 1.807) is 0 Å². The molecule has 21 heavy (non-hydrogen) atoms. The van der Waals surface area contributed by atoms with E-state index in [9.17, 15) is 16.8 Å². The van der Waals surface area contributed by atoms with E-state index in [0.717, 1.165) is 6.54 Å². The van der Waals surface area contributed by atoms with E-state index >= 15 is 0 Å². The second-order valence-corrected chi connectivity index (χ2v) is 9.90. The Morgan fingerprint density at radius 1 is 1.33 bits per heavy atom. The minimum Gasteiger partial charge on any atom is -0.314 e. The van der Waals surface area contributed by atoms with Crippen molar-refractivity contribution in [3.63, 3.8) is 0 Å². The number of hydrogen-bond donors (Lipinski definition) is 2. The molecule has 1 aliphatic rings. The number of nitrogens with one attached hydrogen (secondary N) is 2. The Labute approximate surface area is 128 Å². The second kappa shape index (κ2) is 7.87. The van der Waals surface area contributed by atoms with Crippen molar-refractivity contribution >= 4 is 20.0 Å². The van der Waals surface area contributed by atoms with Gasteiger partial charge in [0.15, 0.2) is 9.84 Å². The first-order valence-electron chi connectivity index (χ1n) is 7.30. The van der Waals surface area contributed by atoms with Gasteiger partial charge in [0.05, 0.1) is 11.5 Å². The first-order valence-corrected chi connectivity index (χ1v) is 10.6. The largest absolute Gasteiger partial charge is 0.314 e. The van der Waals surface area contributed by atoms with E-state index in [-0.39, 0.29) is 11.5 Å². The number of nitrogens with zero attached hydrogens (tertiary/aromatic N) is 1. The summed E-state index contributed by atoms with van der Waals surface area (Å²) >= 11 is 0. The molecular weight excluding hydrogens is 314 g/mol. The van der Waals surface area contributed by atoms with Crippen LogP contribution < -0.4 is 10.0 Å². The fourth-order valence-electron chi connectivity index (χ4n) is 2.23. The van der Waals surface area contributed by atoms with E-state index < -0.39 is 26.1 Å². The molecule has 1 rings (SSSR count). The summed E-state index contributed by atoms with van der Waals surface area (Å²) in [6, 6.07) is -0.137. The zero-order valence-electron chi connectivity index (χ0n) is 13.0. The van der Waals surface area contributed by atoms with Gasteiger partial charge < -0.3 is 5.32 Å². The average molecular weight is 341 g/mol. The zero-order chi connectivity index (χ0) is 16.1. The van der Waals surface area contributed by atoms with Crippen molar-refractivity contribution < 1.29 is 16.8 Å². The predicted molar refractivity (Wildman–Crippen MR) is 84.1 cm³/mol. The van der Waals surface area contributed by atoms with Gasteiger partial charge in [-0.25, -0.2) is 8.42 Å². The summed E-state index contributed by atoms with van der Waals surface area (Å²) in [7, 11) is -5.23. The van der Waals surface area contributed by atoms with Crippen LogP contribution in [0.2, 0.25) is 0 Å². The van der Waals surface area contributed by atoms with Crippen molar-refractivity contribution in [2.75, 3.05) is 31.6 Å². The van der Waals surface area contributed by atoms with Crippen LogP contribution in [0.1, 0.15) is 33.1 Å².